The Bertz CT molecular complexity index is 728. The van der Waals surface area contributed by atoms with Gasteiger partial charge in [-0.15, -0.1) is 0 Å². The van der Waals surface area contributed by atoms with Gasteiger partial charge in [-0.05, 0) is 47.6 Å². The Labute approximate surface area is 132 Å². The van der Waals surface area contributed by atoms with Gasteiger partial charge in [0.05, 0.1) is 11.9 Å². The van der Waals surface area contributed by atoms with Gasteiger partial charge < -0.3 is 5.32 Å². The summed E-state index contributed by atoms with van der Waals surface area (Å²) in [6, 6.07) is 5.25. The number of nitrogens with zero attached hydrogens (tertiary/aromatic N) is 2. The van der Waals surface area contributed by atoms with Crippen molar-refractivity contribution in [1.82, 2.24) is 15.1 Å². The third kappa shape index (κ3) is 3.84. The molecule has 8 heteroatoms. The summed E-state index contributed by atoms with van der Waals surface area (Å²) in [5, 5.41) is 7.05. The molecule has 0 aliphatic rings. The Morgan fingerprint density at radius 3 is 2.76 bits per heavy atom. The quantitative estimate of drug-likeness (QED) is 0.814. The molecule has 0 bridgehead atoms. The number of benzene rings is 1. The molecule has 1 heterocycles. The molecule has 0 aliphatic heterocycles. The lowest BCUT2D eigenvalue weighted by Crippen LogP contribution is -2.14. The minimum absolute atomic E-state index is 0.208. The van der Waals surface area contributed by atoms with Gasteiger partial charge in [0.2, 0.25) is 0 Å². The van der Waals surface area contributed by atoms with E-state index in [0.717, 1.165) is 5.56 Å². The molecule has 1 aromatic heterocycles. The summed E-state index contributed by atoms with van der Waals surface area (Å²) >= 11 is 3.29. The fourth-order valence-corrected chi connectivity index (χ4v) is 3.91. The highest BCUT2D eigenvalue weighted by molar-refractivity contribution is 9.10. The van der Waals surface area contributed by atoms with Gasteiger partial charge in [-0.25, -0.2) is 8.42 Å². The first-order valence-electron chi connectivity index (χ1n) is 6.44. The second-order valence-corrected chi connectivity index (χ2v) is 6.99. The van der Waals surface area contributed by atoms with Crippen LogP contribution in [0.5, 0.6) is 0 Å². The van der Waals surface area contributed by atoms with Crippen LogP contribution in [0.25, 0.3) is 0 Å². The predicted molar refractivity (Wildman–Crippen MR) is 85.6 cm³/mol. The van der Waals surface area contributed by atoms with E-state index in [9.17, 15) is 8.42 Å². The molecule has 0 atom stereocenters. The molecule has 0 saturated heterocycles. The summed E-state index contributed by atoms with van der Waals surface area (Å²) in [7, 11) is -1.84. The zero-order chi connectivity index (χ0) is 15.5. The highest BCUT2D eigenvalue weighted by atomic mass is 79.9. The van der Waals surface area contributed by atoms with E-state index >= 15 is 0 Å². The normalized spacial score (nSPS) is 11.6. The molecular weight excluding hydrogens is 356 g/mol. The molecule has 0 amide bonds. The van der Waals surface area contributed by atoms with Gasteiger partial charge in [-0.3, -0.25) is 9.40 Å². The Balaban J connectivity index is 2.32. The molecule has 0 aliphatic carbocycles. The van der Waals surface area contributed by atoms with Crippen LogP contribution in [0.3, 0.4) is 0 Å². The third-order valence-electron chi connectivity index (χ3n) is 2.88. The lowest BCUT2D eigenvalue weighted by Gasteiger charge is -2.10. The molecule has 2 N–H and O–H groups in total. The molecule has 114 valence electrons. The van der Waals surface area contributed by atoms with Gasteiger partial charge >= 0.3 is 0 Å². The summed E-state index contributed by atoms with van der Waals surface area (Å²) in [5.74, 6) is 0. The van der Waals surface area contributed by atoms with Gasteiger partial charge in [0.1, 0.15) is 4.90 Å². The zero-order valence-corrected chi connectivity index (χ0v) is 14.2. The Hall–Kier alpha value is -1.38. The van der Waals surface area contributed by atoms with E-state index < -0.39 is 10.0 Å². The number of halogens is 1. The molecular formula is C13H17BrN4O2S. The average molecular weight is 373 g/mol. The molecule has 21 heavy (non-hydrogen) atoms. The summed E-state index contributed by atoms with van der Waals surface area (Å²) in [4.78, 5) is 0.208. The zero-order valence-electron chi connectivity index (χ0n) is 11.8. The van der Waals surface area contributed by atoms with Crippen LogP contribution in [0.2, 0.25) is 0 Å². The van der Waals surface area contributed by atoms with Gasteiger partial charge in [0.25, 0.3) is 10.0 Å². The van der Waals surface area contributed by atoms with Crippen molar-refractivity contribution in [2.24, 2.45) is 0 Å². The standard InChI is InChI=1S/C13H17BrN4O2S/c1-3-18-9-11(8-16-18)17-21(19,20)13-6-10(7-15-2)4-5-12(13)14/h4-6,8-9,15,17H,3,7H2,1-2H3. The minimum atomic E-state index is -3.66. The SMILES string of the molecule is CCn1cc(NS(=O)(=O)c2cc(CNC)ccc2Br)cn1. The second-order valence-electron chi connectivity index (χ2n) is 4.49. The fraction of sp³-hybridized carbons (Fsp3) is 0.308. The molecule has 6 nitrogen and oxygen atoms in total. The van der Waals surface area contributed by atoms with E-state index in [-0.39, 0.29) is 4.90 Å². The van der Waals surface area contributed by atoms with Crippen LogP contribution in [0.4, 0.5) is 5.69 Å². The number of anilines is 1. The van der Waals surface area contributed by atoms with Crippen molar-refractivity contribution in [3.05, 3.63) is 40.6 Å². The van der Waals surface area contributed by atoms with Crippen molar-refractivity contribution in [2.45, 2.75) is 24.9 Å². The first kappa shape index (κ1) is 16.0. The molecule has 0 unspecified atom stereocenters. The van der Waals surface area contributed by atoms with Crippen LogP contribution in [0.15, 0.2) is 40.0 Å². The second kappa shape index (κ2) is 6.59. The van der Waals surface area contributed by atoms with Crippen LogP contribution in [0, 0.1) is 0 Å². The van der Waals surface area contributed by atoms with Crippen molar-refractivity contribution in [2.75, 3.05) is 11.8 Å². The lowest BCUT2D eigenvalue weighted by molar-refractivity contribution is 0.600. The maximum atomic E-state index is 12.5. The minimum Gasteiger partial charge on any atom is -0.316 e. The molecule has 0 radical (unpaired) electrons. The Kier molecular flexibility index (Phi) is 5.02. The maximum absolute atomic E-state index is 12.5. The van der Waals surface area contributed by atoms with Crippen molar-refractivity contribution in [1.29, 1.82) is 0 Å². The number of sulfonamides is 1. The molecule has 2 rings (SSSR count). The van der Waals surface area contributed by atoms with E-state index in [1.807, 2.05) is 20.0 Å². The largest absolute Gasteiger partial charge is 0.316 e. The van der Waals surface area contributed by atoms with Crippen molar-refractivity contribution >= 4 is 31.6 Å². The fourth-order valence-electron chi connectivity index (χ4n) is 1.87. The average Bonchev–Trinajstić information content (AvgIpc) is 2.88. The van der Waals surface area contributed by atoms with Crippen LogP contribution in [0.1, 0.15) is 12.5 Å². The van der Waals surface area contributed by atoms with Crippen molar-refractivity contribution < 1.29 is 8.42 Å². The van der Waals surface area contributed by atoms with E-state index in [1.165, 1.54) is 6.20 Å². The Morgan fingerprint density at radius 2 is 2.14 bits per heavy atom. The molecule has 0 saturated carbocycles. The lowest BCUT2D eigenvalue weighted by atomic mass is 10.2. The van der Waals surface area contributed by atoms with Crippen molar-refractivity contribution in [3.8, 4) is 0 Å². The molecule has 0 spiro atoms. The summed E-state index contributed by atoms with van der Waals surface area (Å²) in [6.07, 6.45) is 3.15. The number of hydrogen-bond donors (Lipinski definition) is 2. The van der Waals surface area contributed by atoms with Crippen LogP contribution in [-0.2, 0) is 23.1 Å². The Morgan fingerprint density at radius 1 is 1.38 bits per heavy atom. The summed E-state index contributed by atoms with van der Waals surface area (Å²) in [6.45, 7) is 3.22. The number of aryl methyl sites for hydroxylation is 1. The monoisotopic (exact) mass is 372 g/mol. The van der Waals surface area contributed by atoms with E-state index in [0.29, 0.717) is 23.2 Å². The topological polar surface area (TPSA) is 76.0 Å². The first-order chi connectivity index (χ1) is 9.96. The number of rotatable bonds is 6. The van der Waals surface area contributed by atoms with Gasteiger partial charge in [0.15, 0.2) is 0 Å². The molecule has 2 aromatic rings. The van der Waals surface area contributed by atoms with Gasteiger partial charge in [-0.2, -0.15) is 5.10 Å². The molecule has 1 aromatic carbocycles. The number of nitrogens with one attached hydrogen (secondary N) is 2. The van der Waals surface area contributed by atoms with Crippen LogP contribution >= 0.6 is 15.9 Å². The maximum Gasteiger partial charge on any atom is 0.263 e. The van der Waals surface area contributed by atoms with Crippen molar-refractivity contribution in [3.63, 3.8) is 0 Å². The van der Waals surface area contributed by atoms with E-state index in [4.69, 9.17) is 0 Å². The molecule has 0 fully saturated rings. The third-order valence-corrected chi connectivity index (χ3v) is 5.25. The summed E-state index contributed by atoms with van der Waals surface area (Å²) in [5.41, 5.74) is 1.34. The highest BCUT2D eigenvalue weighted by Crippen LogP contribution is 2.25. The first-order valence-corrected chi connectivity index (χ1v) is 8.72. The predicted octanol–water partition coefficient (Wildman–Crippen LogP) is 2.19. The number of hydrogen-bond acceptors (Lipinski definition) is 4. The highest BCUT2D eigenvalue weighted by Gasteiger charge is 2.19. The van der Waals surface area contributed by atoms with E-state index in [1.54, 1.807) is 23.0 Å². The van der Waals surface area contributed by atoms with Crippen LogP contribution in [-0.4, -0.2) is 25.2 Å². The number of aromatic nitrogens is 2. The van der Waals surface area contributed by atoms with Crippen LogP contribution < -0.4 is 10.0 Å². The summed E-state index contributed by atoms with van der Waals surface area (Å²) < 4.78 is 29.7. The smallest absolute Gasteiger partial charge is 0.263 e. The van der Waals surface area contributed by atoms with Gasteiger partial charge in [0, 0.05) is 23.8 Å². The van der Waals surface area contributed by atoms with Gasteiger partial charge in [-0.1, -0.05) is 6.07 Å². The van der Waals surface area contributed by atoms with E-state index in [2.05, 4.69) is 31.1 Å².